The van der Waals surface area contributed by atoms with Gasteiger partial charge in [0, 0.05) is 23.7 Å². The number of aryl methyl sites for hydroxylation is 2. The minimum atomic E-state index is 0.812. The average molecular weight is 311 g/mol. The quantitative estimate of drug-likeness (QED) is 0.679. The largest absolute Gasteiger partial charge is 0.275 e. The van der Waals surface area contributed by atoms with Gasteiger partial charge in [-0.2, -0.15) is 5.10 Å². The van der Waals surface area contributed by atoms with Crippen LogP contribution < -0.4 is 0 Å². The van der Waals surface area contributed by atoms with Crippen molar-refractivity contribution < 1.29 is 0 Å². The number of hydrogen-bond donors (Lipinski definition) is 0. The Morgan fingerprint density at radius 1 is 1.05 bits per heavy atom. The molecule has 0 aliphatic heterocycles. The lowest BCUT2D eigenvalue weighted by molar-refractivity contribution is 0.189. The zero-order valence-corrected chi connectivity index (χ0v) is 13.9. The average Bonchev–Trinajstić information content (AvgIpc) is 3.10. The van der Waals surface area contributed by atoms with Crippen molar-refractivity contribution in [3.63, 3.8) is 0 Å². The van der Waals surface area contributed by atoms with Crippen molar-refractivity contribution >= 4 is 11.3 Å². The van der Waals surface area contributed by atoms with E-state index in [1.807, 2.05) is 18.3 Å². The maximum atomic E-state index is 4.60. The van der Waals surface area contributed by atoms with E-state index in [0.29, 0.717) is 0 Å². The normalized spacial score (nSPS) is 11.2. The second kappa shape index (κ2) is 6.90. The summed E-state index contributed by atoms with van der Waals surface area (Å²) in [5, 5.41) is 6.74. The standard InChI is InChI=1S/C18H21N3S/c1-15-11-16(2)21(19-15)14-20(13-18-9-6-10-22-18)12-17-7-4-3-5-8-17/h3-11H,12-14H2,1-2H3. The van der Waals surface area contributed by atoms with E-state index < -0.39 is 0 Å². The van der Waals surface area contributed by atoms with Crippen LogP contribution >= 0.6 is 11.3 Å². The van der Waals surface area contributed by atoms with E-state index in [-0.39, 0.29) is 0 Å². The van der Waals surface area contributed by atoms with Crippen LogP contribution in [0.15, 0.2) is 53.9 Å². The third-order valence-electron chi connectivity index (χ3n) is 3.65. The smallest absolute Gasteiger partial charge is 0.0937 e. The van der Waals surface area contributed by atoms with Crippen molar-refractivity contribution in [2.45, 2.75) is 33.6 Å². The number of rotatable bonds is 6. The molecule has 0 unspecified atom stereocenters. The first-order chi connectivity index (χ1) is 10.7. The molecule has 2 aromatic heterocycles. The predicted molar refractivity (Wildman–Crippen MR) is 91.7 cm³/mol. The van der Waals surface area contributed by atoms with E-state index in [4.69, 9.17) is 0 Å². The van der Waals surface area contributed by atoms with Crippen LogP contribution in [-0.2, 0) is 19.8 Å². The molecule has 0 amide bonds. The first-order valence-corrected chi connectivity index (χ1v) is 8.38. The summed E-state index contributed by atoms with van der Waals surface area (Å²) in [7, 11) is 0. The van der Waals surface area contributed by atoms with Crippen LogP contribution in [0.4, 0.5) is 0 Å². The summed E-state index contributed by atoms with van der Waals surface area (Å²) >= 11 is 1.81. The fourth-order valence-electron chi connectivity index (χ4n) is 2.63. The van der Waals surface area contributed by atoms with Crippen molar-refractivity contribution in [1.29, 1.82) is 0 Å². The molecule has 0 N–H and O–H groups in total. The van der Waals surface area contributed by atoms with Gasteiger partial charge in [0.15, 0.2) is 0 Å². The van der Waals surface area contributed by atoms with E-state index in [1.54, 1.807) is 0 Å². The summed E-state index contributed by atoms with van der Waals surface area (Å²) in [4.78, 5) is 3.82. The van der Waals surface area contributed by atoms with Gasteiger partial charge in [-0.3, -0.25) is 9.58 Å². The second-order valence-corrected chi connectivity index (χ2v) is 6.65. The lowest BCUT2D eigenvalue weighted by Crippen LogP contribution is -2.26. The van der Waals surface area contributed by atoms with Gasteiger partial charge in [-0.1, -0.05) is 36.4 Å². The molecule has 1 aromatic carbocycles. The minimum absolute atomic E-state index is 0.812. The number of thiophene rings is 1. The Labute approximate surface area is 135 Å². The van der Waals surface area contributed by atoms with Crippen molar-refractivity contribution in [2.75, 3.05) is 0 Å². The topological polar surface area (TPSA) is 21.1 Å². The Hall–Kier alpha value is -1.91. The zero-order valence-electron chi connectivity index (χ0n) is 13.1. The molecule has 22 heavy (non-hydrogen) atoms. The molecule has 0 aliphatic rings. The van der Waals surface area contributed by atoms with Gasteiger partial charge < -0.3 is 0 Å². The van der Waals surface area contributed by atoms with E-state index in [1.165, 1.54) is 16.1 Å². The molecule has 0 bridgehead atoms. The third kappa shape index (κ3) is 3.84. The van der Waals surface area contributed by atoms with Gasteiger partial charge in [0.05, 0.1) is 12.4 Å². The SMILES string of the molecule is Cc1cc(C)n(CN(Cc2ccccc2)Cc2cccs2)n1. The summed E-state index contributed by atoms with van der Waals surface area (Å²) in [6.45, 7) is 6.85. The number of aromatic nitrogens is 2. The van der Waals surface area contributed by atoms with Crippen molar-refractivity contribution in [2.24, 2.45) is 0 Å². The molecule has 0 fully saturated rings. The summed E-state index contributed by atoms with van der Waals surface area (Å²) in [5.74, 6) is 0. The molecule has 4 heteroatoms. The van der Waals surface area contributed by atoms with Crippen LogP contribution in [0.1, 0.15) is 21.8 Å². The highest BCUT2D eigenvalue weighted by Crippen LogP contribution is 2.16. The van der Waals surface area contributed by atoms with Crippen LogP contribution in [0.25, 0.3) is 0 Å². The first kappa shape index (κ1) is 15.0. The summed E-state index contributed by atoms with van der Waals surface area (Å²) in [6, 6.07) is 17.1. The molecule has 3 aromatic rings. The molecular formula is C18H21N3S. The Bertz CT molecular complexity index is 701. The number of nitrogens with zero attached hydrogens (tertiary/aromatic N) is 3. The fourth-order valence-corrected chi connectivity index (χ4v) is 3.37. The Morgan fingerprint density at radius 3 is 2.50 bits per heavy atom. The van der Waals surface area contributed by atoms with Gasteiger partial charge in [-0.25, -0.2) is 0 Å². The highest BCUT2D eigenvalue weighted by Gasteiger charge is 2.11. The van der Waals surface area contributed by atoms with Crippen LogP contribution in [0.3, 0.4) is 0 Å². The van der Waals surface area contributed by atoms with Crippen LogP contribution in [0.5, 0.6) is 0 Å². The minimum Gasteiger partial charge on any atom is -0.275 e. The highest BCUT2D eigenvalue weighted by atomic mass is 32.1. The molecule has 3 nitrogen and oxygen atoms in total. The molecule has 3 rings (SSSR count). The molecule has 0 saturated carbocycles. The molecule has 0 radical (unpaired) electrons. The highest BCUT2D eigenvalue weighted by molar-refractivity contribution is 7.09. The summed E-state index contributed by atoms with van der Waals surface area (Å²) in [6.07, 6.45) is 0. The second-order valence-electron chi connectivity index (χ2n) is 5.62. The fraction of sp³-hybridized carbons (Fsp3) is 0.278. The zero-order chi connectivity index (χ0) is 15.4. The first-order valence-electron chi connectivity index (χ1n) is 7.50. The molecule has 0 aliphatic carbocycles. The van der Waals surface area contributed by atoms with Gasteiger partial charge in [0.1, 0.15) is 0 Å². The third-order valence-corrected chi connectivity index (χ3v) is 4.51. The molecule has 0 spiro atoms. The lowest BCUT2D eigenvalue weighted by Gasteiger charge is -2.22. The number of benzene rings is 1. The number of hydrogen-bond acceptors (Lipinski definition) is 3. The summed E-state index contributed by atoms with van der Waals surface area (Å²) < 4.78 is 2.09. The van der Waals surface area contributed by atoms with Crippen LogP contribution in [0.2, 0.25) is 0 Å². The van der Waals surface area contributed by atoms with Gasteiger partial charge in [0.2, 0.25) is 0 Å². The van der Waals surface area contributed by atoms with E-state index in [2.05, 4.69) is 75.5 Å². The maximum Gasteiger partial charge on any atom is 0.0937 e. The van der Waals surface area contributed by atoms with Crippen LogP contribution in [-0.4, -0.2) is 14.7 Å². The van der Waals surface area contributed by atoms with E-state index >= 15 is 0 Å². The van der Waals surface area contributed by atoms with Gasteiger partial charge in [-0.05, 0) is 36.9 Å². The Morgan fingerprint density at radius 2 is 1.86 bits per heavy atom. The van der Waals surface area contributed by atoms with Crippen molar-refractivity contribution in [3.05, 3.63) is 75.7 Å². The predicted octanol–water partition coefficient (Wildman–Crippen LogP) is 4.22. The Balaban J connectivity index is 1.77. The molecule has 0 saturated heterocycles. The molecular weight excluding hydrogens is 290 g/mol. The van der Waals surface area contributed by atoms with Crippen LogP contribution in [0, 0.1) is 13.8 Å². The van der Waals surface area contributed by atoms with E-state index in [0.717, 1.165) is 25.5 Å². The van der Waals surface area contributed by atoms with Crippen molar-refractivity contribution in [1.82, 2.24) is 14.7 Å². The van der Waals surface area contributed by atoms with Gasteiger partial charge >= 0.3 is 0 Å². The monoisotopic (exact) mass is 311 g/mol. The summed E-state index contributed by atoms with van der Waals surface area (Å²) in [5.41, 5.74) is 3.62. The van der Waals surface area contributed by atoms with Gasteiger partial charge in [-0.15, -0.1) is 11.3 Å². The lowest BCUT2D eigenvalue weighted by atomic mass is 10.2. The molecule has 2 heterocycles. The van der Waals surface area contributed by atoms with Crippen molar-refractivity contribution in [3.8, 4) is 0 Å². The van der Waals surface area contributed by atoms with Gasteiger partial charge in [0.25, 0.3) is 0 Å². The van der Waals surface area contributed by atoms with E-state index in [9.17, 15) is 0 Å². The maximum absolute atomic E-state index is 4.60. The molecule has 0 atom stereocenters. The Kier molecular flexibility index (Phi) is 4.71. The molecule has 114 valence electrons.